The molecule has 2 aromatic heterocycles. The van der Waals surface area contributed by atoms with Crippen LogP contribution in [-0.4, -0.2) is 16.2 Å². The average molecular weight is 391 g/mol. The van der Waals surface area contributed by atoms with Gasteiger partial charge in [0.15, 0.2) is 4.67 Å². The van der Waals surface area contributed by atoms with Gasteiger partial charge in [-0.1, -0.05) is 0 Å². The topological polar surface area (TPSA) is 55.5 Å². The lowest BCUT2D eigenvalue weighted by molar-refractivity contribution is 0.185. The Morgan fingerprint density at radius 3 is 2.58 bits per heavy atom. The fraction of sp³-hybridized carbons (Fsp3) is 0.308. The van der Waals surface area contributed by atoms with Crippen LogP contribution in [0.3, 0.4) is 0 Å². The molecule has 1 atom stereocenters. The number of aromatic nitrogens is 1. The Hall–Kier alpha value is -0.850. The minimum Gasteiger partial charge on any atom is -0.489 e. The van der Waals surface area contributed by atoms with Crippen molar-refractivity contribution < 1.29 is 14.3 Å². The molecular formula is C13H13Br2NO3. The van der Waals surface area contributed by atoms with Gasteiger partial charge in [-0.3, -0.25) is 4.98 Å². The lowest BCUT2D eigenvalue weighted by Crippen LogP contribution is -2.07. The summed E-state index contributed by atoms with van der Waals surface area (Å²) in [4.78, 5) is 4.06. The number of nitrogens with zero attached hydrogens (tertiary/aromatic N) is 1. The van der Waals surface area contributed by atoms with E-state index < -0.39 is 6.10 Å². The largest absolute Gasteiger partial charge is 0.489 e. The Bertz CT molecular complexity index is 549. The van der Waals surface area contributed by atoms with E-state index >= 15 is 0 Å². The fourth-order valence-corrected chi connectivity index (χ4v) is 2.19. The lowest BCUT2D eigenvalue weighted by Gasteiger charge is -2.12. The van der Waals surface area contributed by atoms with Gasteiger partial charge in [0.25, 0.3) is 0 Å². The zero-order valence-corrected chi connectivity index (χ0v) is 13.6. The highest BCUT2D eigenvalue weighted by atomic mass is 79.9. The Kier molecular flexibility index (Phi) is 4.65. The number of hydrogen-bond donors (Lipinski definition) is 1. The zero-order valence-electron chi connectivity index (χ0n) is 10.4. The number of pyridine rings is 1. The van der Waals surface area contributed by atoms with Crippen molar-refractivity contribution in [2.75, 3.05) is 0 Å². The molecule has 2 heterocycles. The van der Waals surface area contributed by atoms with Crippen LogP contribution >= 0.6 is 31.9 Å². The summed E-state index contributed by atoms with van der Waals surface area (Å²) in [6, 6.07) is 3.47. The quantitative estimate of drug-likeness (QED) is 0.854. The van der Waals surface area contributed by atoms with Crippen molar-refractivity contribution in [3.05, 3.63) is 45.0 Å². The first kappa shape index (κ1) is 14.6. The molecule has 6 heteroatoms. The third kappa shape index (κ3) is 3.58. The van der Waals surface area contributed by atoms with Crippen LogP contribution in [0, 0.1) is 0 Å². The molecule has 0 spiro atoms. The van der Waals surface area contributed by atoms with E-state index in [1.165, 1.54) is 0 Å². The van der Waals surface area contributed by atoms with Crippen LogP contribution in [0.5, 0.6) is 5.75 Å². The third-order valence-corrected chi connectivity index (χ3v) is 4.07. The first-order valence-electron chi connectivity index (χ1n) is 5.71. The highest BCUT2D eigenvalue weighted by Crippen LogP contribution is 2.33. The van der Waals surface area contributed by atoms with Gasteiger partial charge in [-0.2, -0.15) is 0 Å². The van der Waals surface area contributed by atoms with Gasteiger partial charge in [0, 0.05) is 11.8 Å². The van der Waals surface area contributed by atoms with Crippen LogP contribution in [0.1, 0.15) is 31.3 Å². The van der Waals surface area contributed by atoms with Crippen molar-refractivity contribution >= 4 is 31.9 Å². The summed E-state index contributed by atoms with van der Waals surface area (Å²) in [6.45, 7) is 3.87. The van der Waals surface area contributed by atoms with Gasteiger partial charge in [-0.05, 0) is 57.8 Å². The summed E-state index contributed by atoms with van der Waals surface area (Å²) >= 11 is 6.55. The normalized spacial score (nSPS) is 12.7. The summed E-state index contributed by atoms with van der Waals surface area (Å²) in [5.74, 6) is 1.05. The second-order valence-electron chi connectivity index (χ2n) is 4.29. The number of aliphatic hydroxyl groups is 1. The predicted octanol–water partition coefficient (Wildman–Crippen LogP) is 4.07. The van der Waals surface area contributed by atoms with Gasteiger partial charge in [0.1, 0.15) is 17.6 Å². The monoisotopic (exact) mass is 389 g/mol. The molecule has 19 heavy (non-hydrogen) atoms. The second kappa shape index (κ2) is 6.07. The van der Waals surface area contributed by atoms with E-state index in [0.29, 0.717) is 21.7 Å². The number of furan rings is 1. The molecule has 0 bridgehead atoms. The third-order valence-electron chi connectivity index (χ3n) is 2.36. The van der Waals surface area contributed by atoms with E-state index in [9.17, 15) is 5.11 Å². The molecule has 0 aliphatic heterocycles. The van der Waals surface area contributed by atoms with Crippen molar-refractivity contribution in [3.63, 3.8) is 0 Å². The Morgan fingerprint density at radius 1 is 1.26 bits per heavy atom. The standard InChI is InChI=1S/C13H13Br2NO3/c1-7(2)18-9-3-8(5-16-6-9)12(17)11-4-10(14)13(15)19-11/h3-7,12,17H,1-2H3. The first-order valence-corrected chi connectivity index (χ1v) is 7.30. The lowest BCUT2D eigenvalue weighted by atomic mass is 10.1. The molecule has 4 nitrogen and oxygen atoms in total. The van der Waals surface area contributed by atoms with E-state index in [1.807, 2.05) is 13.8 Å². The number of hydrogen-bond acceptors (Lipinski definition) is 4. The highest BCUT2D eigenvalue weighted by molar-refractivity contribution is 9.13. The molecule has 1 N–H and O–H groups in total. The summed E-state index contributed by atoms with van der Waals surface area (Å²) in [6.07, 6.45) is 2.37. The van der Waals surface area contributed by atoms with Crippen molar-refractivity contribution in [2.24, 2.45) is 0 Å². The molecule has 0 fully saturated rings. The van der Waals surface area contributed by atoms with Crippen LogP contribution in [0.4, 0.5) is 0 Å². The van der Waals surface area contributed by atoms with Crippen molar-refractivity contribution in [1.29, 1.82) is 0 Å². The van der Waals surface area contributed by atoms with Crippen LogP contribution < -0.4 is 4.74 Å². The molecule has 0 aliphatic rings. The van der Waals surface area contributed by atoms with E-state index in [-0.39, 0.29) is 6.10 Å². The van der Waals surface area contributed by atoms with Crippen LogP contribution in [-0.2, 0) is 0 Å². The van der Waals surface area contributed by atoms with Crippen molar-refractivity contribution in [1.82, 2.24) is 4.98 Å². The van der Waals surface area contributed by atoms with Crippen LogP contribution in [0.25, 0.3) is 0 Å². The Labute approximate surface area is 128 Å². The first-order chi connectivity index (χ1) is 8.97. The van der Waals surface area contributed by atoms with Gasteiger partial charge in [0.05, 0.1) is 16.8 Å². The molecule has 0 saturated carbocycles. The molecular weight excluding hydrogens is 378 g/mol. The molecule has 0 amide bonds. The molecule has 0 saturated heterocycles. The zero-order chi connectivity index (χ0) is 14.0. The van der Waals surface area contributed by atoms with Gasteiger partial charge in [-0.15, -0.1) is 0 Å². The summed E-state index contributed by atoms with van der Waals surface area (Å²) in [7, 11) is 0. The van der Waals surface area contributed by atoms with E-state index in [4.69, 9.17) is 9.15 Å². The SMILES string of the molecule is CC(C)Oc1cncc(C(O)c2cc(Br)c(Br)o2)c1. The van der Waals surface area contributed by atoms with Gasteiger partial charge < -0.3 is 14.3 Å². The molecule has 1 unspecified atom stereocenters. The Morgan fingerprint density at radius 2 is 2.00 bits per heavy atom. The van der Waals surface area contributed by atoms with Crippen molar-refractivity contribution in [2.45, 2.75) is 26.1 Å². The molecule has 0 aliphatic carbocycles. The molecule has 2 rings (SSSR count). The molecule has 2 aromatic rings. The van der Waals surface area contributed by atoms with Gasteiger partial charge >= 0.3 is 0 Å². The maximum Gasteiger partial charge on any atom is 0.183 e. The van der Waals surface area contributed by atoms with E-state index in [0.717, 1.165) is 4.47 Å². The number of halogens is 2. The number of ether oxygens (including phenoxy) is 1. The van der Waals surface area contributed by atoms with E-state index in [1.54, 1.807) is 24.5 Å². The Balaban J connectivity index is 2.25. The smallest absolute Gasteiger partial charge is 0.183 e. The van der Waals surface area contributed by atoms with Gasteiger partial charge in [-0.25, -0.2) is 0 Å². The van der Waals surface area contributed by atoms with Crippen LogP contribution in [0.2, 0.25) is 0 Å². The maximum atomic E-state index is 10.3. The molecule has 0 radical (unpaired) electrons. The van der Waals surface area contributed by atoms with Gasteiger partial charge in [0.2, 0.25) is 0 Å². The average Bonchev–Trinajstić information content (AvgIpc) is 2.68. The number of rotatable bonds is 4. The summed E-state index contributed by atoms with van der Waals surface area (Å²) in [5, 5.41) is 10.3. The molecule has 0 aromatic carbocycles. The second-order valence-corrected chi connectivity index (χ2v) is 5.87. The molecule has 102 valence electrons. The van der Waals surface area contributed by atoms with Crippen molar-refractivity contribution in [3.8, 4) is 5.75 Å². The predicted molar refractivity (Wildman–Crippen MR) is 78.2 cm³/mol. The summed E-state index contributed by atoms with van der Waals surface area (Å²) < 4.78 is 12.2. The summed E-state index contributed by atoms with van der Waals surface area (Å²) in [5.41, 5.74) is 0.618. The minimum atomic E-state index is -0.884. The minimum absolute atomic E-state index is 0.0566. The number of aliphatic hydroxyl groups excluding tert-OH is 1. The fourth-order valence-electron chi connectivity index (χ4n) is 1.58. The van der Waals surface area contributed by atoms with Crippen LogP contribution in [0.15, 0.2) is 38.1 Å². The maximum absolute atomic E-state index is 10.3. The highest BCUT2D eigenvalue weighted by Gasteiger charge is 2.18. The van der Waals surface area contributed by atoms with E-state index in [2.05, 4.69) is 36.8 Å².